The summed E-state index contributed by atoms with van der Waals surface area (Å²) < 4.78 is 0. The fraction of sp³-hybridized carbons (Fsp3) is 0.111. The first-order valence-corrected chi connectivity index (χ1v) is 4.55. The maximum absolute atomic E-state index is 11.3. The number of nitro groups is 1. The highest BCUT2D eigenvalue weighted by atomic mass is 35.5. The zero-order valence-electron chi connectivity index (χ0n) is 7.81. The fourth-order valence-corrected chi connectivity index (χ4v) is 1.31. The number of benzene rings is 1. The van der Waals surface area contributed by atoms with E-state index in [2.05, 4.69) is 0 Å². The second-order valence-electron chi connectivity index (χ2n) is 2.82. The smallest absolute Gasteiger partial charge is 0.285 e. The summed E-state index contributed by atoms with van der Waals surface area (Å²) in [6.45, 7) is 0. The molecule has 0 heterocycles. The molecule has 1 aromatic rings. The van der Waals surface area contributed by atoms with E-state index >= 15 is 0 Å². The molecule has 0 unspecified atom stereocenters. The standard InChI is InChI=1S/C9H5ClN2O4/c10-3-8(14)9-6(12(15)16)1-5(4-11)2-7(9)13/h1-2,13H,3H2. The molecule has 0 atom stereocenters. The molecule has 1 N–H and O–H groups in total. The lowest BCUT2D eigenvalue weighted by atomic mass is 10.1. The summed E-state index contributed by atoms with van der Waals surface area (Å²) in [6.07, 6.45) is 0. The van der Waals surface area contributed by atoms with Gasteiger partial charge in [-0.25, -0.2) is 0 Å². The summed E-state index contributed by atoms with van der Waals surface area (Å²) >= 11 is 5.26. The molecule has 0 bridgehead atoms. The summed E-state index contributed by atoms with van der Waals surface area (Å²) in [5, 5.41) is 28.6. The minimum absolute atomic E-state index is 0.102. The van der Waals surface area contributed by atoms with Gasteiger partial charge in [0.25, 0.3) is 5.69 Å². The van der Waals surface area contributed by atoms with Gasteiger partial charge >= 0.3 is 0 Å². The Morgan fingerprint density at radius 3 is 2.69 bits per heavy atom. The number of carbonyl (C=O) groups is 1. The second kappa shape index (κ2) is 4.59. The Kier molecular flexibility index (Phi) is 3.43. The van der Waals surface area contributed by atoms with Gasteiger partial charge in [-0.1, -0.05) is 0 Å². The molecule has 0 fully saturated rings. The minimum Gasteiger partial charge on any atom is -0.507 e. The molecule has 0 saturated heterocycles. The van der Waals surface area contributed by atoms with Crippen LogP contribution in [0.4, 0.5) is 5.69 Å². The van der Waals surface area contributed by atoms with Crippen molar-refractivity contribution in [1.82, 2.24) is 0 Å². The van der Waals surface area contributed by atoms with Gasteiger partial charge in [-0.2, -0.15) is 5.26 Å². The molecule has 6 nitrogen and oxygen atoms in total. The highest BCUT2D eigenvalue weighted by Gasteiger charge is 2.24. The molecule has 0 aliphatic rings. The van der Waals surface area contributed by atoms with Crippen molar-refractivity contribution in [1.29, 1.82) is 5.26 Å². The quantitative estimate of drug-likeness (QED) is 0.374. The SMILES string of the molecule is N#Cc1cc(O)c(C(=O)CCl)c([N+](=O)[O-])c1. The van der Waals surface area contributed by atoms with Gasteiger partial charge in [-0.05, 0) is 6.07 Å². The predicted octanol–water partition coefficient (Wildman–Crippen LogP) is 1.59. The highest BCUT2D eigenvalue weighted by molar-refractivity contribution is 6.31. The molecule has 1 aromatic carbocycles. The van der Waals surface area contributed by atoms with Crippen LogP contribution in [-0.2, 0) is 0 Å². The van der Waals surface area contributed by atoms with E-state index in [1.165, 1.54) is 0 Å². The predicted molar refractivity (Wildman–Crippen MR) is 54.5 cm³/mol. The number of hydrogen-bond acceptors (Lipinski definition) is 5. The van der Waals surface area contributed by atoms with E-state index in [4.69, 9.17) is 16.9 Å². The zero-order valence-corrected chi connectivity index (χ0v) is 8.56. The first-order chi connectivity index (χ1) is 7.51. The third kappa shape index (κ3) is 2.10. The van der Waals surface area contributed by atoms with Crippen LogP contribution in [0.25, 0.3) is 0 Å². The first-order valence-electron chi connectivity index (χ1n) is 4.02. The maximum Gasteiger partial charge on any atom is 0.285 e. The Labute approximate surface area is 94.8 Å². The largest absolute Gasteiger partial charge is 0.507 e. The van der Waals surface area contributed by atoms with E-state index < -0.39 is 33.6 Å². The molecular weight excluding hydrogens is 236 g/mol. The third-order valence-corrected chi connectivity index (χ3v) is 2.07. The van der Waals surface area contributed by atoms with Crippen LogP contribution in [0.1, 0.15) is 15.9 Å². The number of alkyl halides is 1. The monoisotopic (exact) mass is 240 g/mol. The normalized spacial score (nSPS) is 9.50. The van der Waals surface area contributed by atoms with Crippen molar-refractivity contribution in [2.75, 3.05) is 5.88 Å². The number of carbonyl (C=O) groups excluding carboxylic acids is 1. The number of phenols is 1. The summed E-state index contributed by atoms with van der Waals surface area (Å²) in [4.78, 5) is 21.1. The molecule has 0 radical (unpaired) electrons. The number of ketones is 1. The van der Waals surface area contributed by atoms with Crippen molar-refractivity contribution >= 4 is 23.1 Å². The van der Waals surface area contributed by atoms with Gasteiger partial charge in [0, 0.05) is 6.07 Å². The minimum atomic E-state index is -0.847. The molecule has 0 aromatic heterocycles. The summed E-state index contributed by atoms with van der Waals surface area (Å²) in [5.41, 5.74) is -1.20. The molecule has 0 amide bonds. The van der Waals surface area contributed by atoms with Crippen LogP contribution >= 0.6 is 11.6 Å². The number of nitriles is 1. The molecule has 16 heavy (non-hydrogen) atoms. The van der Waals surface area contributed by atoms with Crippen LogP contribution in [0.15, 0.2) is 12.1 Å². The van der Waals surface area contributed by atoms with Crippen molar-refractivity contribution in [2.45, 2.75) is 0 Å². The lowest BCUT2D eigenvalue weighted by Gasteiger charge is -2.03. The molecule has 0 spiro atoms. The van der Waals surface area contributed by atoms with Gasteiger partial charge in [-0.3, -0.25) is 14.9 Å². The van der Waals surface area contributed by atoms with Crippen LogP contribution in [0.5, 0.6) is 5.75 Å². The highest BCUT2D eigenvalue weighted by Crippen LogP contribution is 2.30. The molecule has 1 rings (SSSR count). The van der Waals surface area contributed by atoms with Crippen molar-refractivity contribution in [3.63, 3.8) is 0 Å². The molecule has 0 aliphatic carbocycles. The van der Waals surface area contributed by atoms with Crippen molar-refractivity contribution in [3.8, 4) is 11.8 Å². The molecule has 0 saturated carbocycles. The number of hydrogen-bond donors (Lipinski definition) is 1. The van der Waals surface area contributed by atoms with Crippen LogP contribution in [0, 0.1) is 21.4 Å². The average molecular weight is 241 g/mol. The number of rotatable bonds is 3. The van der Waals surface area contributed by atoms with E-state index in [1.54, 1.807) is 6.07 Å². The van der Waals surface area contributed by atoms with E-state index in [0.717, 1.165) is 12.1 Å². The Hall–Kier alpha value is -2.13. The van der Waals surface area contributed by atoms with Gasteiger partial charge in [0.15, 0.2) is 5.78 Å². The maximum atomic E-state index is 11.3. The fourth-order valence-electron chi connectivity index (χ4n) is 1.17. The van der Waals surface area contributed by atoms with Gasteiger partial charge in [-0.15, -0.1) is 11.6 Å². The number of nitro benzene ring substituents is 1. The second-order valence-corrected chi connectivity index (χ2v) is 3.08. The summed E-state index contributed by atoms with van der Waals surface area (Å²) in [7, 11) is 0. The topological polar surface area (TPSA) is 104 Å². The van der Waals surface area contributed by atoms with Gasteiger partial charge in [0.05, 0.1) is 22.4 Å². The lowest BCUT2D eigenvalue weighted by molar-refractivity contribution is -0.385. The first kappa shape index (κ1) is 11.9. The van der Waals surface area contributed by atoms with Crippen molar-refractivity contribution in [2.24, 2.45) is 0 Å². The number of Topliss-reactive ketones (excluding diaryl/α,β-unsaturated/α-hetero) is 1. The Balaban J connectivity index is 3.53. The van der Waals surface area contributed by atoms with Crippen LogP contribution in [-0.4, -0.2) is 21.7 Å². The van der Waals surface area contributed by atoms with Gasteiger partial charge in [0.2, 0.25) is 0 Å². The molecule has 0 aliphatic heterocycles. The molecular formula is C9H5ClN2O4. The lowest BCUT2D eigenvalue weighted by Crippen LogP contribution is -2.06. The zero-order chi connectivity index (χ0) is 12.3. The van der Waals surface area contributed by atoms with Crippen LogP contribution in [0.3, 0.4) is 0 Å². The Bertz CT molecular complexity index is 507. The van der Waals surface area contributed by atoms with E-state index in [-0.39, 0.29) is 5.56 Å². The van der Waals surface area contributed by atoms with E-state index in [0.29, 0.717) is 0 Å². The number of nitrogens with zero attached hydrogens (tertiary/aromatic N) is 2. The molecule has 82 valence electrons. The third-order valence-electron chi connectivity index (χ3n) is 1.82. The van der Waals surface area contributed by atoms with Crippen LogP contribution in [0.2, 0.25) is 0 Å². The van der Waals surface area contributed by atoms with Crippen molar-refractivity contribution in [3.05, 3.63) is 33.4 Å². The average Bonchev–Trinajstić information content (AvgIpc) is 2.26. The van der Waals surface area contributed by atoms with Gasteiger partial charge < -0.3 is 5.11 Å². The van der Waals surface area contributed by atoms with E-state index in [9.17, 15) is 20.0 Å². The number of aromatic hydroxyl groups is 1. The van der Waals surface area contributed by atoms with E-state index in [1.807, 2.05) is 0 Å². The Morgan fingerprint density at radius 1 is 1.62 bits per heavy atom. The van der Waals surface area contributed by atoms with Crippen molar-refractivity contribution < 1.29 is 14.8 Å². The van der Waals surface area contributed by atoms with Gasteiger partial charge in [0.1, 0.15) is 11.3 Å². The Morgan fingerprint density at radius 2 is 2.25 bits per heavy atom. The molecule has 7 heteroatoms. The van der Waals surface area contributed by atoms with Crippen LogP contribution < -0.4 is 0 Å². The number of phenolic OH excluding ortho intramolecular Hbond substituents is 1. The number of halogens is 1. The summed E-state index contributed by atoms with van der Waals surface area (Å²) in [6, 6.07) is 3.53. The summed E-state index contributed by atoms with van der Waals surface area (Å²) in [5.74, 6) is -1.87.